The lowest BCUT2D eigenvalue weighted by molar-refractivity contribution is 0.216. The number of pyridine rings is 1. The van der Waals surface area contributed by atoms with Crippen molar-refractivity contribution < 1.29 is 5.21 Å². The molecule has 7 nitrogen and oxygen atoms in total. The molecule has 0 saturated heterocycles. The third-order valence-electron chi connectivity index (χ3n) is 1.41. The molecule has 1 rings (SSSR count). The number of aliphatic imine (C=N–C) groups is 1. The molecule has 0 aromatic carbocycles. The molecule has 0 atom stereocenters. The Labute approximate surface area is 80.0 Å². The Hall–Kier alpha value is -2.02. The summed E-state index contributed by atoms with van der Waals surface area (Å²) in [7, 11) is 1.35. The Balaban J connectivity index is 2.89. The molecule has 0 aliphatic carbocycles. The van der Waals surface area contributed by atoms with Gasteiger partial charge < -0.3 is 0 Å². The van der Waals surface area contributed by atoms with Crippen molar-refractivity contribution in [2.75, 3.05) is 7.05 Å². The number of hydrogen-bond donors (Lipinski definition) is 2. The molecule has 1 aromatic rings. The summed E-state index contributed by atoms with van der Waals surface area (Å²) in [6.07, 6.45) is 3.07. The fourth-order valence-electron chi connectivity index (χ4n) is 0.751. The average Bonchev–Trinajstić information content (AvgIpc) is 2.26. The fraction of sp³-hybridized carbons (Fsp3) is 0.143. The zero-order valence-electron chi connectivity index (χ0n) is 7.45. The number of rotatable bonds is 2. The van der Waals surface area contributed by atoms with E-state index in [0.717, 1.165) is 5.01 Å². The van der Waals surface area contributed by atoms with Crippen LogP contribution in [0.2, 0.25) is 0 Å². The van der Waals surface area contributed by atoms with Gasteiger partial charge in [0.2, 0.25) is 5.96 Å². The zero-order valence-corrected chi connectivity index (χ0v) is 7.45. The van der Waals surface area contributed by atoms with E-state index < -0.39 is 0 Å². The molecular weight excluding hydrogens is 186 g/mol. The van der Waals surface area contributed by atoms with Gasteiger partial charge in [-0.2, -0.15) is 5.01 Å². The molecule has 0 radical (unpaired) electrons. The maximum atomic E-state index is 10.1. The minimum Gasteiger partial charge on any atom is -0.288 e. The molecule has 0 spiro atoms. The third-order valence-corrected chi connectivity index (χ3v) is 1.41. The lowest BCUT2D eigenvalue weighted by atomic mass is 10.4. The van der Waals surface area contributed by atoms with Gasteiger partial charge in [-0.3, -0.25) is 10.2 Å². The number of nitroso groups, excluding NO2 is 1. The molecule has 0 saturated carbocycles. The van der Waals surface area contributed by atoms with E-state index in [0.29, 0.717) is 5.69 Å². The second-order valence-electron chi connectivity index (χ2n) is 2.36. The Morgan fingerprint density at radius 2 is 2.50 bits per heavy atom. The number of nitrogens with zero attached hydrogens (tertiary/aromatic N) is 4. The van der Waals surface area contributed by atoms with Gasteiger partial charge in [0.05, 0.1) is 17.2 Å². The van der Waals surface area contributed by atoms with Gasteiger partial charge in [0, 0.05) is 13.2 Å². The van der Waals surface area contributed by atoms with E-state index in [1.165, 1.54) is 13.2 Å². The average molecular weight is 195 g/mol. The number of hydroxylamine groups is 1. The molecule has 0 unspecified atom stereocenters. The number of aromatic nitrogens is 1. The van der Waals surface area contributed by atoms with E-state index in [1.807, 2.05) is 0 Å². The van der Waals surface area contributed by atoms with Crippen molar-refractivity contribution in [2.45, 2.75) is 0 Å². The van der Waals surface area contributed by atoms with Crippen molar-refractivity contribution in [1.82, 2.24) is 15.5 Å². The minimum atomic E-state index is -0.0759. The van der Waals surface area contributed by atoms with Gasteiger partial charge >= 0.3 is 0 Å². The second kappa shape index (κ2) is 4.87. The van der Waals surface area contributed by atoms with Crippen LogP contribution in [0.1, 0.15) is 0 Å². The molecule has 2 N–H and O–H groups in total. The van der Waals surface area contributed by atoms with Crippen molar-refractivity contribution in [1.29, 1.82) is 0 Å². The quantitative estimate of drug-likeness (QED) is 0.313. The van der Waals surface area contributed by atoms with Crippen LogP contribution < -0.4 is 5.48 Å². The molecule has 0 amide bonds. The summed E-state index contributed by atoms with van der Waals surface area (Å²) in [5.74, 6) is -0.0759. The first kappa shape index (κ1) is 10.1. The number of hydrogen-bond acceptors (Lipinski definition) is 5. The molecule has 0 aliphatic rings. The van der Waals surface area contributed by atoms with Crippen LogP contribution >= 0.6 is 0 Å². The molecule has 14 heavy (non-hydrogen) atoms. The molecule has 1 aromatic heterocycles. The summed E-state index contributed by atoms with van der Waals surface area (Å²) in [4.78, 5) is 17.8. The van der Waals surface area contributed by atoms with Crippen LogP contribution in [0.25, 0.3) is 0 Å². The largest absolute Gasteiger partial charge is 0.288 e. The molecule has 1 heterocycles. The number of guanidine groups is 1. The van der Waals surface area contributed by atoms with Crippen LogP contribution in [0, 0.1) is 4.91 Å². The normalized spacial score (nSPS) is 10.9. The summed E-state index contributed by atoms with van der Waals surface area (Å²) in [6.45, 7) is 0. The van der Waals surface area contributed by atoms with Crippen molar-refractivity contribution in [2.24, 2.45) is 10.3 Å². The molecule has 7 heteroatoms. The van der Waals surface area contributed by atoms with E-state index in [-0.39, 0.29) is 5.96 Å². The monoisotopic (exact) mass is 195 g/mol. The lowest BCUT2D eigenvalue weighted by Crippen LogP contribution is -2.32. The molecule has 0 aliphatic heterocycles. The van der Waals surface area contributed by atoms with Crippen LogP contribution in [0.5, 0.6) is 0 Å². The first-order chi connectivity index (χ1) is 6.77. The van der Waals surface area contributed by atoms with Gasteiger partial charge in [-0.15, -0.1) is 4.91 Å². The van der Waals surface area contributed by atoms with Gasteiger partial charge in [-0.05, 0) is 12.1 Å². The first-order valence-corrected chi connectivity index (χ1v) is 3.73. The van der Waals surface area contributed by atoms with Gasteiger partial charge in [0.1, 0.15) is 0 Å². The van der Waals surface area contributed by atoms with E-state index in [1.54, 1.807) is 23.8 Å². The summed E-state index contributed by atoms with van der Waals surface area (Å²) in [5, 5.41) is 12.1. The minimum absolute atomic E-state index is 0.0759. The van der Waals surface area contributed by atoms with Crippen LogP contribution in [-0.4, -0.2) is 28.2 Å². The standard InChI is InChI=1S/C7H9N5O2/c1-12(11-14)7(10-13)9-6-3-2-4-8-5-6/h2-5,13H,1H3,(H,9,10). The highest BCUT2D eigenvalue weighted by molar-refractivity contribution is 5.80. The molecule has 0 fully saturated rings. The van der Waals surface area contributed by atoms with E-state index in [2.05, 4.69) is 15.3 Å². The van der Waals surface area contributed by atoms with Gasteiger partial charge in [0.15, 0.2) is 0 Å². The smallest absolute Gasteiger partial charge is 0.246 e. The van der Waals surface area contributed by atoms with Gasteiger partial charge in [-0.25, -0.2) is 10.5 Å². The van der Waals surface area contributed by atoms with Crippen LogP contribution in [-0.2, 0) is 0 Å². The predicted molar refractivity (Wildman–Crippen MR) is 49.8 cm³/mol. The lowest BCUT2D eigenvalue weighted by Gasteiger charge is -2.09. The highest BCUT2D eigenvalue weighted by atomic mass is 16.5. The van der Waals surface area contributed by atoms with Crippen LogP contribution in [0.3, 0.4) is 0 Å². The summed E-state index contributed by atoms with van der Waals surface area (Å²) < 4.78 is 0. The van der Waals surface area contributed by atoms with Crippen molar-refractivity contribution in [3.63, 3.8) is 0 Å². The Morgan fingerprint density at radius 3 is 3.00 bits per heavy atom. The Bertz CT molecular complexity index is 326. The fourth-order valence-corrected chi connectivity index (χ4v) is 0.751. The maximum absolute atomic E-state index is 10.1. The van der Waals surface area contributed by atoms with Crippen LogP contribution in [0.15, 0.2) is 34.8 Å². The summed E-state index contributed by atoms with van der Waals surface area (Å²) in [5.41, 5.74) is 2.26. The molecular formula is C7H9N5O2. The van der Waals surface area contributed by atoms with Gasteiger partial charge in [-0.1, -0.05) is 0 Å². The van der Waals surface area contributed by atoms with Gasteiger partial charge in [0.25, 0.3) is 0 Å². The van der Waals surface area contributed by atoms with Crippen molar-refractivity contribution in [3.8, 4) is 0 Å². The molecule has 0 bridgehead atoms. The predicted octanol–water partition coefficient (Wildman–Crippen LogP) is 0.661. The highest BCUT2D eigenvalue weighted by Crippen LogP contribution is 2.08. The van der Waals surface area contributed by atoms with E-state index in [4.69, 9.17) is 5.21 Å². The first-order valence-electron chi connectivity index (χ1n) is 3.73. The topological polar surface area (TPSA) is 90.2 Å². The highest BCUT2D eigenvalue weighted by Gasteiger charge is 2.04. The Kier molecular flexibility index (Phi) is 3.50. The third kappa shape index (κ3) is 2.49. The Morgan fingerprint density at radius 1 is 1.71 bits per heavy atom. The second-order valence-corrected chi connectivity index (χ2v) is 2.36. The van der Waals surface area contributed by atoms with Crippen molar-refractivity contribution >= 4 is 11.6 Å². The number of nitrogens with one attached hydrogen (secondary N) is 1. The van der Waals surface area contributed by atoms with Crippen LogP contribution in [0.4, 0.5) is 5.69 Å². The van der Waals surface area contributed by atoms with E-state index in [9.17, 15) is 4.91 Å². The molecule has 74 valence electrons. The maximum Gasteiger partial charge on any atom is 0.246 e. The SMILES string of the molecule is CN(N=O)C(=Nc1cccnc1)NO. The summed E-state index contributed by atoms with van der Waals surface area (Å²) >= 11 is 0. The zero-order chi connectivity index (χ0) is 10.4. The summed E-state index contributed by atoms with van der Waals surface area (Å²) in [6, 6.07) is 3.35. The van der Waals surface area contributed by atoms with E-state index >= 15 is 0 Å². The van der Waals surface area contributed by atoms with Crippen molar-refractivity contribution in [3.05, 3.63) is 29.4 Å².